The smallest absolute Gasteiger partial charge is 0.306 e. The summed E-state index contributed by atoms with van der Waals surface area (Å²) >= 11 is 0. The van der Waals surface area contributed by atoms with Gasteiger partial charge in [0.25, 0.3) is 0 Å². The van der Waals surface area contributed by atoms with Crippen LogP contribution >= 0.6 is 0 Å². The maximum atomic E-state index is 12.9. The van der Waals surface area contributed by atoms with E-state index in [9.17, 15) is 14.4 Å². The number of unbranched alkanes of at least 4 members (excludes halogenated alkanes) is 30. The summed E-state index contributed by atoms with van der Waals surface area (Å²) in [7, 11) is 0. The number of hydrogen-bond donors (Lipinski definition) is 0. The third-order valence-corrected chi connectivity index (χ3v) is 13.2. The Bertz CT molecular complexity index is 1380. The summed E-state index contributed by atoms with van der Waals surface area (Å²) in [4.78, 5) is 38.2. The number of hydrogen-bond acceptors (Lipinski definition) is 6. The number of ether oxygens (including phenoxy) is 3. The summed E-state index contributed by atoms with van der Waals surface area (Å²) in [5.74, 6) is -0.905. The topological polar surface area (TPSA) is 78.9 Å². The zero-order chi connectivity index (χ0) is 52.2. The molecule has 0 rings (SSSR count). The molecule has 0 heterocycles. The van der Waals surface area contributed by atoms with Crippen molar-refractivity contribution >= 4 is 17.9 Å². The first-order chi connectivity index (χ1) is 35.5. The fourth-order valence-corrected chi connectivity index (χ4v) is 8.60. The first kappa shape index (κ1) is 68.6. The highest BCUT2D eigenvalue weighted by Crippen LogP contribution is 2.16. The Labute approximate surface area is 445 Å². The van der Waals surface area contributed by atoms with Crippen molar-refractivity contribution in [3.8, 4) is 0 Å². The van der Waals surface area contributed by atoms with Crippen LogP contribution in [0.5, 0.6) is 0 Å². The second-order valence-corrected chi connectivity index (χ2v) is 20.2. The Morgan fingerprint density at radius 2 is 0.542 bits per heavy atom. The van der Waals surface area contributed by atoms with E-state index in [1.165, 1.54) is 148 Å². The van der Waals surface area contributed by atoms with E-state index < -0.39 is 6.10 Å². The van der Waals surface area contributed by atoms with Crippen LogP contribution in [0.25, 0.3) is 0 Å². The highest BCUT2D eigenvalue weighted by atomic mass is 16.6. The molecule has 0 saturated carbocycles. The quantitative estimate of drug-likeness (QED) is 0.0261. The number of allylic oxidation sites excluding steroid dienone is 14. The van der Waals surface area contributed by atoms with E-state index in [1.807, 2.05) is 0 Å². The fraction of sp³-hybridized carbons (Fsp3) is 0.742. The normalized spacial score (nSPS) is 12.7. The molecular formula is C66H114O6. The lowest BCUT2D eigenvalue weighted by Crippen LogP contribution is -2.30. The molecule has 6 heteroatoms. The average molecular weight is 1000 g/mol. The van der Waals surface area contributed by atoms with Gasteiger partial charge in [-0.3, -0.25) is 14.4 Å². The molecule has 0 aromatic rings. The lowest BCUT2D eigenvalue weighted by Gasteiger charge is -2.18. The van der Waals surface area contributed by atoms with E-state index in [0.29, 0.717) is 19.3 Å². The molecule has 6 nitrogen and oxygen atoms in total. The monoisotopic (exact) mass is 1000 g/mol. The molecule has 0 aliphatic carbocycles. The maximum Gasteiger partial charge on any atom is 0.306 e. The molecule has 414 valence electrons. The van der Waals surface area contributed by atoms with Gasteiger partial charge >= 0.3 is 17.9 Å². The molecule has 0 saturated heterocycles. The molecule has 0 aromatic carbocycles. The molecule has 0 spiro atoms. The molecule has 0 bridgehead atoms. The van der Waals surface area contributed by atoms with Crippen molar-refractivity contribution < 1.29 is 28.6 Å². The third kappa shape index (κ3) is 57.5. The summed E-state index contributed by atoms with van der Waals surface area (Å²) in [6.45, 7) is 6.52. The third-order valence-electron chi connectivity index (χ3n) is 13.2. The number of carbonyl (C=O) groups is 3. The molecule has 0 aliphatic heterocycles. The van der Waals surface area contributed by atoms with E-state index in [2.05, 4.69) is 106 Å². The van der Waals surface area contributed by atoms with Crippen LogP contribution in [0.2, 0.25) is 0 Å². The molecule has 0 aliphatic rings. The molecule has 0 amide bonds. The minimum Gasteiger partial charge on any atom is -0.462 e. The van der Waals surface area contributed by atoms with Gasteiger partial charge in [-0.15, -0.1) is 0 Å². The van der Waals surface area contributed by atoms with Gasteiger partial charge in [-0.1, -0.05) is 286 Å². The average Bonchev–Trinajstić information content (AvgIpc) is 3.38. The van der Waals surface area contributed by atoms with Crippen molar-refractivity contribution in [3.63, 3.8) is 0 Å². The minimum atomic E-state index is -0.788. The second-order valence-electron chi connectivity index (χ2n) is 20.2. The van der Waals surface area contributed by atoms with Crippen LogP contribution in [0.1, 0.15) is 297 Å². The van der Waals surface area contributed by atoms with E-state index in [0.717, 1.165) is 109 Å². The minimum absolute atomic E-state index is 0.0833. The second kappa shape index (κ2) is 60.1. The van der Waals surface area contributed by atoms with Crippen LogP contribution in [0, 0.1) is 0 Å². The van der Waals surface area contributed by atoms with Gasteiger partial charge in [0.05, 0.1) is 0 Å². The van der Waals surface area contributed by atoms with Crippen LogP contribution in [0.4, 0.5) is 0 Å². The van der Waals surface area contributed by atoms with Crippen molar-refractivity contribution in [1.82, 2.24) is 0 Å². The Hall–Kier alpha value is -3.41. The number of esters is 3. The van der Waals surface area contributed by atoms with E-state index in [4.69, 9.17) is 14.2 Å². The van der Waals surface area contributed by atoms with Crippen molar-refractivity contribution in [1.29, 1.82) is 0 Å². The van der Waals surface area contributed by atoms with Crippen molar-refractivity contribution in [2.75, 3.05) is 13.2 Å². The van der Waals surface area contributed by atoms with Gasteiger partial charge in [0.15, 0.2) is 6.10 Å². The number of carbonyl (C=O) groups excluding carboxylic acids is 3. The van der Waals surface area contributed by atoms with E-state index >= 15 is 0 Å². The van der Waals surface area contributed by atoms with Gasteiger partial charge in [-0.25, -0.2) is 0 Å². The molecule has 0 radical (unpaired) electrons. The lowest BCUT2D eigenvalue weighted by atomic mass is 10.0. The van der Waals surface area contributed by atoms with Crippen LogP contribution in [0.15, 0.2) is 85.1 Å². The zero-order valence-electron chi connectivity index (χ0n) is 47.4. The van der Waals surface area contributed by atoms with Gasteiger partial charge in [-0.2, -0.15) is 0 Å². The van der Waals surface area contributed by atoms with Crippen molar-refractivity contribution in [3.05, 3.63) is 85.1 Å². The van der Waals surface area contributed by atoms with Crippen molar-refractivity contribution in [2.24, 2.45) is 0 Å². The van der Waals surface area contributed by atoms with Gasteiger partial charge < -0.3 is 14.2 Å². The predicted octanol–water partition coefficient (Wildman–Crippen LogP) is 20.7. The Morgan fingerprint density at radius 3 is 0.847 bits per heavy atom. The van der Waals surface area contributed by atoms with Gasteiger partial charge in [-0.05, 0) is 77.0 Å². The molecule has 0 fully saturated rings. The predicted molar refractivity (Wildman–Crippen MR) is 311 cm³/mol. The highest BCUT2D eigenvalue weighted by molar-refractivity contribution is 5.71. The molecule has 0 N–H and O–H groups in total. The van der Waals surface area contributed by atoms with Crippen LogP contribution in [-0.2, 0) is 28.6 Å². The molecule has 1 atom stereocenters. The summed E-state index contributed by atoms with van der Waals surface area (Å²) in [5.41, 5.74) is 0. The highest BCUT2D eigenvalue weighted by Gasteiger charge is 2.19. The molecule has 72 heavy (non-hydrogen) atoms. The fourth-order valence-electron chi connectivity index (χ4n) is 8.60. The molecule has 1 unspecified atom stereocenters. The summed E-state index contributed by atoms with van der Waals surface area (Å²) in [6, 6.07) is 0. The first-order valence-electron chi connectivity index (χ1n) is 30.6. The summed E-state index contributed by atoms with van der Waals surface area (Å²) in [5, 5.41) is 0. The molecular weight excluding hydrogens is 889 g/mol. The largest absolute Gasteiger partial charge is 0.462 e. The van der Waals surface area contributed by atoms with Crippen molar-refractivity contribution in [2.45, 2.75) is 303 Å². The van der Waals surface area contributed by atoms with E-state index in [-0.39, 0.29) is 31.1 Å². The summed E-state index contributed by atoms with van der Waals surface area (Å²) in [6.07, 6.45) is 78.6. The Balaban J connectivity index is 4.38. The van der Waals surface area contributed by atoms with Gasteiger partial charge in [0.2, 0.25) is 0 Å². The zero-order valence-corrected chi connectivity index (χ0v) is 47.4. The molecule has 0 aromatic heterocycles. The van der Waals surface area contributed by atoms with Gasteiger partial charge in [0, 0.05) is 19.3 Å². The SMILES string of the molecule is CC/C=C\C/C=C\C/C=C\C/C=C\C/C=C\C/C=C\C/C=C\CCCCCC(=O)OCC(COC(=O)CCCCCCCCCCCCCC)OC(=O)CCCCCCCCCCCCCCCCCCC. The lowest BCUT2D eigenvalue weighted by molar-refractivity contribution is -0.167. The summed E-state index contributed by atoms with van der Waals surface area (Å²) < 4.78 is 16.9. The van der Waals surface area contributed by atoms with Gasteiger partial charge in [0.1, 0.15) is 13.2 Å². The van der Waals surface area contributed by atoms with E-state index in [1.54, 1.807) is 0 Å². The number of rotatable bonds is 55. The maximum absolute atomic E-state index is 12.9. The van der Waals surface area contributed by atoms with Crippen LogP contribution in [0.3, 0.4) is 0 Å². The van der Waals surface area contributed by atoms with Crippen LogP contribution in [-0.4, -0.2) is 37.2 Å². The van der Waals surface area contributed by atoms with Crippen LogP contribution < -0.4 is 0 Å². The standard InChI is InChI=1S/C66H114O6/c1-4-7-10-13-16-19-22-25-27-29-30-31-32-33-34-35-36-38-39-41-44-47-50-53-56-59-65(68)71-62-63(61-70-64(67)58-55-52-49-46-43-24-21-18-15-12-9-6-3)72-66(69)60-57-54-51-48-45-42-40-37-28-26-23-20-17-14-11-8-5-2/h7,10,16,19,25,27,30-31,33-34,36,38,41,44,63H,4-6,8-9,11-15,17-18,20-24,26,28-29,32,35,37,39-40,42-43,45-62H2,1-3H3/b10-7-,19-16-,27-25-,31-30-,34-33-,38-36-,44-41-. The Kier molecular flexibility index (Phi) is 57.3. The Morgan fingerprint density at radius 1 is 0.292 bits per heavy atom. The first-order valence-corrected chi connectivity index (χ1v) is 30.6.